The quantitative estimate of drug-likeness (QED) is 0.780. The summed E-state index contributed by atoms with van der Waals surface area (Å²) >= 11 is 0. The third-order valence-corrected chi connectivity index (χ3v) is 3.58. The smallest absolute Gasteiger partial charge is 0.101 e. The lowest BCUT2D eigenvalue weighted by Gasteiger charge is -2.31. The number of hydrogen-bond acceptors (Lipinski definition) is 4. The van der Waals surface area contributed by atoms with E-state index in [0.29, 0.717) is 11.3 Å². The van der Waals surface area contributed by atoms with Gasteiger partial charge in [-0.25, -0.2) is 0 Å². The van der Waals surface area contributed by atoms with Crippen molar-refractivity contribution in [2.24, 2.45) is 0 Å². The molecule has 1 atom stereocenters. The molecule has 1 aromatic rings. The van der Waals surface area contributed by atoms with E-state index in [1.807, 2.05) is 12.1 Å². The maximum atomic E-state index is 9.49. The number of rotatable bonds is 2. The van der Waals surface area contributed by atoms with Crippen LogP contribution in [0.1, 0.15) is 31.2 Å². The van der Waals surface area contributed by atoms with Gasteiger partial charge in [-0.1, -0.05) is 12.8 Å². The van der Waals surface area contributed by atoms with Crippen molar-refractivity contribution < 1.29 is 5.11 Å². The van der Waals surface area contributed by atoms with E-state index in [-0.39, 0.29) is 12.6 Å². The number of benzene rings is 1. The SMILES string of the molecule is N#Cc1ccc(N2CCCCCC2CO)cc1N. The number of aliphatic hydroxyl groups excluding tert-OH is 1. The van der Waals surface area contributed by atoms with Gasteiger partial charge >= 0.3 is 0 Å². The van der Waals surface area contributed by atoms with E-state index in [1.165, 1.54) is 6.42 Å². The molecule has 0 amide bonds. The van der Waals surface area contributed by atoms with Crippen LogP contribution in [0.4, 0.5) is 11.4 Å². The first-order chi connectivity index (χ1) is 8.76. The lowest BCUT2D eigenvalue weighted by atomic mass is 10.1. The summed E-state index contributed by atoms with van der Waals surface area (Å²) < 4.78 is 0. The van der Waals surface area contributed by atoms with Crippen molar-refractivity contribution in [3.63, 3.8) is 0 Å². The molecule has 0 saturated carbocycles. The summed E-state index contributed by atoms with van der Waals surface area (Å²) in [7, 11) is 0. The largest absolute Gasteiger partial charge is 0.398 e. The number of nitrogens with zero attached hydrogens (tertiary/aromatic N) is 2. The van der Waals surface area contributed by atoms with E-state index in [0.717, 1.165) is 31.5 Å². The van der Waals surface area contributed by atoms with Gasteiger partial charge in [0.2, 0.25) is 0 Å². The first kappa shape index (κ1) is 12.7. The number of aliphatic hydroxyl groups is 1. The molecule has 1 saturated heterocycles. The van der Waals surface area contributed by atoms with Crippen LogP contribution in [0.5, 0.6) is 0 Å². The van der Waals surface area contributed by atoms with Crippen molar-refractivity contribution in [2.75, 3.05) is 23.8 Å². The van der Waals surface area contributed by atoms with Crippen LogP contribution in [-0.2, 0) is 0 Å². The second-order valence-corrected chi connectivity index (χ2v) is 4.76. The number of nitrogens with two attached hydrogens (primary N) is 1. The number of anilines is 2. The summed E-state index contributed by atoms with van der Waals surface area (Å²) in [6.45, 7) is 1.11. The molecule has 4 heteroatoms. The molecule has 18 heavy (non-hydrogen) atoms. The molecule has 2 rings (SSSR count). The number of nitriles is 1. The van der Waals surface area contributed by atoms with Gasteiger partial charge in [0.15, 0.2) is 0 Å². The molecule has 1 fully saturated rings. The molecule has 0 aliphatic carbocycles. The van der Waals surface area contributed by atoms with Crippen molar-refractivity contribution in [2.45, 2.75) is 31.7 Å². The molecule has 1 unspecified atom stereocenters. The van der Waals surface area contributed by atoms with E-state index in [2.05, 4.69) is 11.0 Å². The Morgan fingerprint density at radius 1 is 1.39 bits per heavy atom. The molecule has 0 aromatic heterocycles. The van der Waals surface area contributed by atoms with Crippen LogP contribution in [0.2, 0.25) is 0 Å². The summed E-state index contributed by atoms with van der Waals surface area (Å²) in [4.78, 5) is 2.21. The van der Waals surface area contributed by atoms with Crippen molar-refractivity contribution in [3.8, 4) is 6.07 Å². The second kappa shape index (κ2) is 5.74. The molecule has 3 N–H and O–H groups in total. The van der Waals surface area contributed by atoms with Crippen molar-refractivity contribution in [1.29, 1.82) is 5.26 Å². The molecular weight excluding hydrogens is 226 g/mol. The third-order valence-electron chi connectivity index (χ3n) is 3.58. The minimum Gasteiger partial charge on any atom is -0.398 e. The Morgan fingerprint density at radius 2 is 2.22 bits per heavy atom. The summed E-state index contributed by atoms with van der Waals surface area (Å²) in [5.74, 6) is 0. The van der Waals surface area contributed by atoms with Crippen LogP contribution in [-0.4, -0.2) is 24.3 Å². The standard InChI is InChI=1S/C14H19N3O/c15-9-11-5-6-12(8-14(11)16)17-7-3-1-2-4-13(17)10-18/h5-6,8,13,18H,1-4,7,10,16H2. The van der Waals surface area contributed by atoms with Crippen molar-refractivity contribution in [1.82, 2.24) is 0 Å². The minimum atomic E-state index is 0.167. The van der Waals surface area contributed by atoms with E-state index in [4.69, 9.17) is 11.0 Å². The Balaban J connectivity index is 2.28. The zero-order valence-corrected chi connectivity index (χ0v) is 10.5. The second-order valence-electron chi connectivity index (χ2n) is 4.76. The normalized spacial score (nSPS) is 20.2. The average Bonchev–Trinajstić information content (AvgIpc) is 2.63. The summed E-state index contributed by atoms with van der Waals surface area (Å²) in [6, 6.07) is 7.75. The van der Waals surface area contributed by atoms with Gasteiger partial charge in [-0.15, -0.1) is 0 Å². The molecule has 0 spiro atoms. The first-order valence-electron chi connectivity index (χ1n) is 6.43. The fourth-order valence-corrected chi connectivity index (χ4v) is 2.54. The van der Waals surface area contributed by atoms with Crippen LogP contribution in [0.15, 0.2) is 18.2 Å². The molecule has 1 aromatic carbocycles. The summed E-state index contributed by atoms with van der Waals surface area (Å²) in [6.07, 6.45) is 4.51. The molecule has 1 heterocycles. The van der Waals surface area contributed by atoms with Crippen LogP contribution in [0.3, 0.4) is 0 Å². The zero-order valence-electron chi connectivity index (χ0n) is 10.5. The topological polar surface area (TPSA) is 73.3 Å². The predicted octanol–water partition coefficient (Wildman–Crippen LogP) is 1.88. The van der Waals surface area contributed by atoms with Crippen LogP contribution < -0.4 is 10.6 Å². The van der Waals surface area contributed by atoms with Gasteiger partial charge in [0.25, 0.3) is 0 Å². The Morgan fingerprint density at radius 3 is 2.89 bits per heavy atom. The van der Waals surface area contributed by atoms with Gasteiger partial charge in [-0.05, 0) is 31.0 Å². The van der Waals surface area contributed by atoms with E-state index < -0.39 is 0 Å². The Kier molecular flexibility index (Phi) is 4.06. The van der Waals surface area contributed by atoms with Gasteiger partial charge < -0.3 is 15.7 Å². The molecule has 1 aliphatic heterocycles. The highest BCUT2D eigenvalue weighted by Gasteiger charge is 2.20. The molecule has 96 valence electrons. The third kappa shape index (κ3) is 2.57. The van der Waals surface area contributed by atoms with Crippen molar-refractivity contribution >= 4 is 11.4 Å². The van der Waals surface area contributed by atoms with Gasteiger partial charge in [0.05, 0.1) is 23.9 Å². The van der Waals surface area contributed by atoms with Crippen LogP contribution in [0.25, 0.3) is 0 Å². The summed E-state index contributed by atoms with van der Waals surface area (Å²) in [5.41, 5.74) is 7.88. The van der Waals surface area contributed by atoms with Crippen LogP contribution in [0, 0.1) is 11.3 Å². The predicted molar refractivity (Wildman–Crippen MR) is 72.3 cm³/mol. The van der Waals surface area contributed by atoms with Gasteiger partial charge in [0.1, 0.15) is 6.07 Å². The Labute approximate surface area is 108 Å². The zero-order chi connectivity index (χ0) is 13.0. The lowest BCUT2D eigenvalue weighted by molar-refractivity contribution is 0.255. The maximum absolute atomic E-state index is 9.49. The van der Waals surface area contributed by atoms with Gasteiger partial charge in [-0.3, -0.25) is 0 Å². The molecule has 0 bridgehead atoms. The number of hydrogen-bond donors (Lipinski definition) is 2. The lowest BCUT2D eigenvalue weighted by Crippen LogP contribution is -2.37. The molecule has 4 nitrogen and oxygen atoms in total. The fourth-order valence-electron chi connectivity index (χ4n) is 2.54. The monoisotopic (exact) mass is 245 g/mol. The number of nitrogen functional groups attached to an aromatic ring is 1. The van der Waals surface area contributed by atoms with Crippen LogP contribution >= 0.6 is 0 Å². The maximum Gasteiger partial charge on any atom is 0.101 e. The highest BCUT2D eigenvalue weighted by atomic mass is 16.3. The van der Waals surface area contributed by atoms with E-state index >= 15 is 0 Å². The molecular formula is C14H19N3O. The Bertz CT molecular complexity index is 453. The highest BCUT2D eigenvalue weighted by Crippen LogP contribution is 2.27. The average molecular weight is 245 g/mol. The van der Waals surface area contributed by atoms with E-state index in [9.17, 15) is 5.11 Å². The highest BCUT2D eigenvalue weighted by molar-refractivity contribution is 5.64. The molecule has 0 radical (unpaired) electrons. The van der Waals surface area contributed by atoms with Crippen molar-refractivity contribution in [3.05, 3.63) is 23.8 Å². The Hall–Kier alpha value is -1.73. The van der Waals surface area contributed by atoms with E-state index in [1.54, 1.807) is 6.07 Å². The first-order valence-corrected chi connectivity index (χ1v) is 6.43. The fraction of sp³-hybridized carbons (Fsp3) is 0.500. The van der Waals surface area contributed by atoms with Gasteiger partial charge in [0, 0.05) is 12.2 Å². The van der Waals surface area contributed by atoms with Gasteiger partial charge in [-0.2, -0.15) is 5.26 Å². The summed E-state index contributed by atoms with van der Waals surface area (Å²) in [5, 5.41) is 18.4. The minimum absolute atomic E-state index is 0.167. The molecule has 1 aliphatic rings.